The molecule has 0 aromatic heterocycles. The summed E-state index contributed by atoms with van der Waals surface area (Å²) >= 11 is 0. The van der Waals surface area contributed by atoms with E-state index in [4.69, 9.17) is 4.74 Å². The second kappa shape index (κ2) is 7.21. The van der Waals surface area contributed by atoms with Crippen LogP contribution in [0.1, 0.15) is 35.6 Å². The van der Waals surface area contributed by atoms with Gasteiger partial charge in [-0.15, -0.1) is 0 Å². The maximum absolute atomic E-state index is 13.5. The Labute approximate surface area is 164 Å². The molecule has 2 unspecified atom stereocenters. The van der Waals surface area contributed by atoms with Crippen LogP contribution >= 0.6 is 0 Å². The van der Waals surface area contributed by atoms with E-state index in [-0.39, 0.29) is 24.1 Å². The number of benzene rings is 2. The minimum atomic E-state index is -0.269. The van der Waals surface area contributed by atoms with Gasteiger partial charge in [0.1, 0.15) is 11.9 Å². The van der Waals surface area contributed by atoms with E-state index in [0.29, 0.717) is 12.5 Å². The highest BCUT2D eigenvalue weighted by Gasteiger charge is 2.39. The maximum Gasteiger partial charge on any atom is 0.410 e. The van der Waals surface area contributed by atoms with E-state index < -0.39 is 0 Å². The van der Waals surface area contributed by atoms with E-state index in [2.05, 4.69) is 17.0 Å². The van der Waals surface area contributed by atoms with Gasteiger partial charge in [0.25, 0.3) is 0 Å². The van der Waals surface area contributed by atoms with Crippen LogP contribution in [-0.2, 0) is 11.2 Å². The fourth-order valence-corrected chi connectivity index (χ4v) is 5.01. The number of nitrogens with zero attached hydrogens (tertiary/aromatic N) is 2. The maximum atomic E-state index is 13.5. The number of rotatable bonds is 2. The Morgan fingerprint density at radius 3 is 2.46 bits per heavy atom. The van der Waals surface area contributed by atoms with E-state index in [9.17, 15) is 9.18 Å². The topological polar surface area (TPSA) is 32.8 Å². The molecule has 28 heavy (non-hydrogen) atoms. The van der Waals surface area contributed by atoms with Crippen LogP contribution < -0.4 is 0 Å². The fraction of sp³-hybridized carbons (Fsp3) is 0.435. The fourth-order valence-electron chi connectivity index (χ4n) is 5.01. The molecule has 1 amide bonds. The second-order valence-electron chi connectivity index (χ2n) is 8.16. The summed E-state index contributed by atoms with van der Waals surface area (Å²) in [4.78, 5) is 17.4. The second-order valence-corrected chi connectivity index (χ2v) is 8.16. The predicted octanol–water partition coefficient (Wildman–Crippen LogP) is 4.00. The van der Waals surface area contributed by atoms with Gasteiger partial charge in [-0.1, -0.05) is 36.4 Å². The Morgan fingerprint density at radius 1 is 1.00 bits per heavy atom. The molecule has 4 aliphatic rings. The van der Waals surface area contributed by atoms with Crippen molar-refractivity contribution in [1.82, 2.24) is 9.80 Å². The average Bonchev–Trinajstić information content (AvgIpc) is 2.74. The van der Waals surface area contributed by atoms with Gasteiger partial charge in [0.2, 0.25) is 0 Å². The Kier molecular flexibility index (Phi) is 4.55. The van der Waals surface area contributed by atoms with Crippen molar-refractivity contribution in [2.24, 2.45) is 5.92 Å². The number of ether oxygens (including phenoxy) is 1. The van der Waals surface area contributed by atoms with Gasteiger partial charge in [-0.3, -0.25) is 9.80 Å². The molecular weight excluding hydrogens is 355 g/mol. The van der Waals surface area contributed by atoms with Crippen LogP contribution in [0.5, 0.6) is 0 Å². The van der Waals surface area contributed by atoms with Gasteiger partial charge in [0.05, 0.1) is 6.04 Å². The van der Waals surface area contributed by atoms with Gasteiger partial charge in [-0.25, -0.2) is 9.18 Å². The lowest BCUT2D eigenvalue weighted by molar-refractivity contribution is -0.0462. The summed E-state index contributed by atoms with van der Waals surface area (Å²) in [6.45, 7) is 3.70. The molecule has 2 atom stereocenters. The molecule has 5 heteroatoms. The Morgan fingerprint density at radius 2 is 1.75 bits per heavy atom. The van der Waals surface area contributed by atoms with Crippen molar-refractivity contribution >= 4 is 6.09 Å². The molecule has 6 rings (SSSR count). The minimum Gasteiger partial charge on any atom is -0.444 e. The molecule has 0 aliphatic carbocycles. The van der Waals surface area contributed by atoms with E-state index >= 15 is 0 Å². The first kappa shape index (κ1) is 17.7. The lowest BCUT2D eigenvalue weighted by Gasteiger charge is -2.45. The minimum absolute atomic E-state index is 0.0129. The number of fused-ring (bicyclic) bond motifs is 4. The van der Waals surface area contributed by atoms with Gasteiger partial charge >= 0.3 is 6.09 Å². The van der Waals surface area contributed by atoms with Crippen LogP contribution in [0.4, 0.5) is 9.18 Å². The number of carbonyl (C=O) groups excluding carboxylic acids is 1. The van der Waals surface area contributed by atoms with Crippen LogP contribution in [0.15, 0.2) is 48.5 Å². The molecule has 2 aromatic rings. The summed E-state index contributed by atoms with van der Waals surface area (Å²) in [5.41, 5.74) is 3.26. The van der Waals surface area contributed by atoms with Crippen LogP contribution in [0.2, 0.25) is 0 Å². The first-order valence-electron chi connectivity index (χ1n) is 10.2. The van der Waals surface area contributed by atoms with E-state index in [1.807, 2.05) is 17.0 Å². The summed E-state index contributed by atoms with van der Waals surface area (Å²) in [5, 5.41) is 0. The van der Waals surface area contributed by atoms with Crippen molar-refractivity contribution in [3.63, 3.8) is 0 Å². The predicted molar refractivity (Wildman–Crippen MR) is 105 cm³/mol. The highest BCUT2D eigenvalue weighted by molar-refractivity contribution is 5.70. The molecular formula is C23H25FN2O2. The molecule has 0 spiro atoms. The van der Waals surface area contributed by atoms with Crippen molar-refractivity contribution in [1.29, 1.82) is 0 Å². The molecule has 4 nitrogen and oxygen atoms in total. The third-order valence-electron chi connectivity index (χ3n) is 6.55. The highest BCUT2D eigenvalue weighted by atomic mass is 19.1. The summed E-state index contributed by atoms with van der Waals surface area (Å²) in [6.07, 6.45) is 2.77. The van der Waals surface area contributed by atoms with Crippen LogP contribution in [0, 0.1) is 11.7 Å². The molecule has 146 valence electrons. The smallest absolute Gasteiger partial charge is 0.410 e. The zero-order valence-corrected chi connectivity index (χ0v) is 15.9. The normalized spacial score (nSPS) is 28.7. The number of carbonyl (C=O) groups is 1. The first-order valence-corrected chi connectivity index (χ1v) is 10.2. The molecule has 3 fully saturated rings. The van der Waals surface area contributed by atoms with Crippen molar-refractivity contribution in [3.8, 4) is 0 Å². The largest absolute Gasteiger partial charge is 0.444 e. The summed E-state index contributed by atoms with van der Waals surface area (Å²) < 4.78 is 19.5. The highest BCUT2D eigenvalue weighted by Crippen LogP contribution is 2.37. The Balaban J connectivity index is 1.43. The molecule has 2 bridgehead atoms. The van der Waals surface area contributed by atoms with Crippen LogP contribution in [-0.4, -0.2) is 48.2 Å². The summed E-state index contributed by atoms with van der Waals surface area (Å²) in [6, 6.07) is 14.4. The standard InChI is InChI=1S/C23H25FN2O2/c24-19-7-5-18(6-8-19)22-20-4-2-1-3-16(20)11-14-26(22)23(27)28-21-15-25-12-9-17(21)10-13-25/h1-8,17,21-22H,9-15H2. The molecule has 4 heterocycles. The summed E-state index contributed by atoms with van der Waals surface area (Å²) in [5.74, 6) is 0.213. The van der Waals surface area contributed by atoms with Crippen molar-refractivity contribution in [2.45, 2.75) is 31.4 Å². The number of halogens is 1. The third kappa shape index (κ3) is 3.18. The molecule has 3 saturated heterocycles. The monoisotopic (exact) mass is 380 g/mol. The van der Waals surface area contributed by atoms with Crippen LogP contribution in [0.25, 0.3) is 0 Å². The van der Waals surface area contributed by atoms with Gasteiger partial charge in [-0.2, -0.15) is 0 Å². The molecule has 2 aromatic carbocycles. The van der Waals surface area contributed by atoms with Crippen molar-refractivity contribution in [2.75, 3.05) is 26.2 Å². The Bertz CT molecular complexity index is 861. The van der Waals surface area contributed by atoms with Gasteiger partial charge in [-0.05, 0) is 67.1 Å². The number of piperidine rings is 3. The zero-order chi connectivity index (χ0) is 19.1. The van der Waals surface area contributed by atoms with Gasteiger partial charge in [0, 0.05) is 13.1 Å². The molecule has 0 radical (unpaired) electrons. The van der Waals surface area contributed by atoms with E-state index in [1.54, 1.807) is 12.1 Å². The number of hydrogen-bond donors (Lipinski definition) is 0. The van der Waals surface area contributed by atoms with Crippen molar-refractivity contribution in [3.05, 3.63) is 71.0 Å². The van der Waals surface area contributed by atoms with Crippen molar-refractivity contribution < 1.29 is 13.9 Å². The molecule has 0 N–H and O–H groups in total. The Hall–Kier alpha value is -2.40. The van der Waals surface area contributed by atoms with E-state index in [1.165, 1.54) is 17.7 Å². The van der Waals surface area contributed by atoms with Gasteiger partial charge in [0.15, 0.2) is 0 Å². The zero-order valence-electron chi connectivity index (χ0n) is 15.9. The lowest BCUT2D eigenvalue weighted by Crippen LogP contribution is -2.53. The molecule has 4 aliphatic heterocycles. The average molecular weight is 380 g/mol. The molecule has 0 saturated carbocycles. The first-order chi connectivity index (χ1) is 13.7. The third-order valence-corrected chi connectivity index (χ3v) is 6.55. The SMILES string of the molecule is O=C(OC1CN2CCC1CC2)N1CCc2ccccc2C1c1ccc(F)cc1. The van der Waals surface area contributed by atoms with Gasteiger partial charge < -0.3 is 4.74 Å². The number of amides is 1. The number of hydrogen-bond acceptors (Lipinski definition) is 3. The lowest BCUT2D eigenvalue weighted by atomic mass is 9.86. The quantitative estimate of drug-likeness (QED) is 0.789. The summed E-state index contributed by atoms with van der Waals surface area (Å²) in [7, 11) is 0. The van der Waals surface area contributed by atoms with E-state index in [0.717, 1.165) is 50.0 Å². The van der Waals surface area contributed by atoms with Crippen LogP contribution in [0.3, 0.4) is 0 Å².